The quantitative estimate of drug-likeness (QED) is 0.514. The lowest BCUT2D eigenvalue weighted by Gasteiger charge is -2.28. The summed E-state index contributed by atoms with van der Waals surface area (Å²) in [6.07, 6.45) is 7.02. The van der Waals surface area contributed by atoms with Gasteiger partial charge in [-0.25, -0.2) is 0 Å². The predicted molar refractivity (Wildman–Crippen MR) is 85.0 cm³/mol. The van der Waals surface area contributed by atoms with Crippen LogP contribution in [0.4, 0.5) is 0 Å². The molecule has 1 rings (SSSR count). The number of carbonyl (C=O) groups excluding carboxylic acids is 2. The van der Waals surface area contributed by atoms with E-state index in [2.05, 4.69) is 13.8 Å². The van der Waals surface area contributed by atoms with E-state index in [9.17, 15) is 9.59 Å². The fourth-order valence-electron chi connectivity index (χ4n) is 2.60. The van der Waals surface area contributed by atoms with Gasteiger partial charge < -0.3 is 4.74 Å². The number of hydrogen-bond donors (Lipinski definition) is 0. The molecule has 120 valence electrons. The third kappa shape index (κ3) is 6.03. The molecule has 0 aliphatic heterocycles. The Hall–Kier alpha value is -1.12. The molecule has 0 aromatic carbocycles. The summed E-state index contributed by atoms with van der Waals surface area (Å²) >= 11 is 0. The number of ketones is 1. The molecule has 0 spiro atoms. The Labute approximate surface area is 129 Å². The minimum atomic E-state index is -0.387. The summed E-state index contributed by atoms with van der Waals surface area (Å²) in [5.74, 6) is 0.135. The van der Waals surface area contributed by atoms with Crippen LogP contribution >= 0.6 is 0 Å². The van der Waals surface area contributed by atoms with Gasteiger partial charge in [0, 0.05) is 6.42 Å². The number of allylic oxidation sites excluding steroid dienone is 2. The van der Waals surface area contributed by atoms with Crippen molar-refractivity contribution >= 4 is 11.8 Å². The highest BCUT2D eigenvalue weighted by Gasteiger charge is 2.28. The SMILES string of the molecule is CCC(C)(C)C(=O)OCCCCC1=CC(=O)CC(C)(C)C1. The van der Waals surface area contributed by atoms with E-state index in [1.165, 1.54) is 5.57 Å². The molecule has 0 bridgehead atoms. The fourth-order valence-corrected chi connectivity index (χ4v) is 2.60. The van der Waals surface area contributed by atoms with Crippen molar-refractivity contribution in [1.29, 1.82) is 0 Å². The van der Waals surface area contributed by atoms with Gasteiger partial charge in [0.2, 0.25) is 0 Å². The van der Waals surface area contributed by atoms with E-state index in [0.717, 1.165) is 32.1 Å². The maximum absolute atomic E-state index is 11.8. The summed E-state index contributed by atoms with van der Waals surface area (Å²) < 4.78 is 5.32. The van der Waals surface area contributed by atoms with Gasteiger partial charge in [0.15, 0.2) is 5.78 Å². The molecule has 0 saturated heterocycles. The van der Waals surface area contributed by atoms with Gasteiger partial charge in [-0.05, 0) is 57.4 Å². The van der Waals surface area contributed by atoms with Crippen LogP contribution in [-0.2, 0) is 14.3 Å². The second-order valence-electron chi connectivity index (χ2n) is 7.62. The van der Waals surface area contributed by atoms with Gasteiger partial charge in [-0.3, -0.25) is 9.59 Å². The van der Waals surface area contributed by atoms with Gasteiger partial charge in [-0.15, -0.1) is 0 Å². The number of unbranched alkanes of at least 4 members (excludes halogenated alkanes) is 1. The third-order valence-electron chi connectivity index (χ3n) is 4.29. The first kappa shape index (κ1) is 17.9. The first-order valence-electron chi connectivity index (χ1n) is 8.06. The second-order valence-corrected chi connectivity index (χ2v) is 7.62. The number of carbonyl (C=O) groups is 2. The van der Waals surface area contributed by atoms with Crippen LogP contribution in [0.1, 0.15) is 73.1 Å². The highest BCUT2D eigenvalue weighted by molar-refractivity contribution is 5.91. The van der Waals surface area contributed by atoms with Crippen LogP contribution in [0.5, 0.6) is 0 Å². The molecule has 0 unspecified atom stereocenters. The molecule has 0 fully saturated rings. The van der Waals surface area contributed by atoms with Crippen LogP contribution in [0.2, 0.25) is 0 Å². The van der Waals surface area contributed by atoms with E-state index in [-0.39, 0.29) is 22.6 Å². The standard InChI is InChI=1S/C18H30O3/c1-6-18(4,5)16(20)21-10-8-7-9-14-11-15(19)13-17(2,3)12-14/h11H,6-10,12-13H2,1-5H3. The van der Waals surface area contributed by atoms with E-state index in [1.807, 2.05) is 26.8 Å². The summed E-state index contributed by atoms with van der Waals surface area (Å²) in [7, 11) is 0. The molecule has 0 saturated carbocycles. The topological polar surface area (TPSA) is 43.4 Å². The highest BCUT2D eigenvalue weighted by Crippen LogP contribution is 2.35. The van der Waals surface area contributed by atoms with Gasteiger partial charge in [0.05, 0.1) is 12.0 Å². The largest absolute Gasteiger partial charge is 0.465 e. The summed E-state index contributed by atoms with van der Waals surface area (Å²) in [4.78, 5) is 23.5. The van der Waals surface area contributed by atoms with Crippen molar-refractivity contribution in [3.63, 3.8) is 0 Å². The maximum atomic E-state index is 11.8. The Kier molecular flexibility index (Phi) is 6.18. The van der Waals surface area contributed by atoms with Crippen molar-refractivity contribution in [2.75, 3.05) is 6.61 Å². The van der Waals surface area contributed by atoms with Gasteiger partial charge >= 0.3 is 5.97 Å². The Bertz CT molecular complexity index is 416. The molecular formula is C18H30O3. The zero-order valence-electron chi connectivity index (χ0n) is 14.3. The number of hydrogen-bond acceptors (Lipinski definition) is 3. The van der Waals surface area contributed by atoms with Crippen molar-refractivity contribution in [1.82, 2.24) is 0 Å². The van der Waals surface area contributed by atoms with Crippen molar-refractivity contribution in [2.45, 2.75) is 73.1 Å². The van der Waals surface area contributed by atoms with Crippen LogP contribution in [0.3, 0.4) is 0 Å². The molecule has 0 aromatic heterocycles. The average Bonchev–Trinajstić information content (AvgIpc) is 2.35. The van der Waals surface area contributed by atoms with Crippen LogP contribution in [0.25, 0.3) is 0 Å². The monoisotopic (exact) mass is 294 g/mol. The molecule has 0 amide bonds. The molecule has 3 heteroatoms. The third-order valence-corrected chi connectivity index (χ3v) is 4.29. The second kappa shape index (κ2) is 7.24. The highest BCUT2D eigenvalue weighted by atomic mass is 16.5. The molecule has 0 N–H and O–H groups in total. The van der Waals surface area contributed by atoms with Gasteiger partial charge in [0.25, 0.3) is 0 Å². The lowest BCUT2D eigenvalue weighted by Crippen LogP contribution is -2.26. The van der Waals surface area contributed by atoms with E-state index >= 15 is 0 Å². The van der Waals surface area contributed by atoms with Crippen LogP contribution in [0, 0.1) is 10.8 Å². The lowest BCUT2D eigenvalue weighted by atomic mass is 9.76. The van der Waals surface area contributed by atoms with Crippen molar-refractivity contribution < 1.29 is 14.3 Å². The Morgan fingerprint density at radius 2 is 1.95 bits per heavy atom. The van der Waals surface area contributed by atoms with Gasteiger partial charge in [-0.2, -0.15) is 0 Å². The normalized spacial score (nSPS) is 18.3. The summed E-state index contributed by atoms with van der Waals surface area (Å²) in [5.41, 5.74) is 0.956. The molecular weight excluding hydrogens is 264 g/mol. The zero-order chi connectivity index (χ0) is 16.1. The molecule has 0 aromatic rings. The van der Waals surface area contributed by atoms with Crippen LogP contribution in [-0.4, -0.2) is 18.4 Å². The molecule has 1 aliphatic rings. The van der Waals surface area contributed by atoms with E-state index in [0.29, 0.717) is 13.0 Å². The maximum Gasteiger partial charge on any atom is 0.311 e. The van der Waals surface area contributed by atoms with E-state index < -0.39 is 0 Å². The van der Waals surface area contributed by atoms with E-state index in [1.54, 1.807) is 0 Å². The zero-order valence-corrected chi connectivity index (χ0v) is 14.3. The predicted octanol–water partition coefficient (Wildman–Crippen LogP) is 4.45. The van der Waals surface area contributed by atoms with Crippen molar-refractivity contribution in [3.8, 4) is 0 Å². The number of esters is 1. The molecule has 3 nitrogen and oxygen atoms in total. The average molecular weight is 294 g/mol. The smallest absolute Gasteiger partial charge is 0.311 e. The van der Waals surface area contributed by atoms with Gasteiger partial charge in [-0.1, -0.05) is 26.3 Å². The summed E-state index contributed by atoms with van der Waals surface area (Å²) in [6, 6.07) is 0. The summed E-state index contributed by atoms with van der Waals surface area (Å²) in [6.45, 7) is 10.6. The van der Waals surface area contributed by atoms with Crippen molar-refractivity contribution in [2.24, 2.45) is 10.8 Å². The first-order chi connectivity index (χ1) is 9.66. The lowest BCUT2D eigenvalue weighted by molar-refractivity contribution is -0.154. The Balaban J connectivity index is 2.26. The Morgan fingerprint density at radius 3 is 2.52 bits per heavy atom. The fraction of sp³-hybridized carbons (Fsp3) is 0.778. The minimum absolute atomic E-state index is 0.0960. The molecule has 1 aliphatic carbocycles. The van der Waals surface area contributed by atoms with E-state index in [4.69, 9.17) is 4.74 Å². The molecule has 0 radical (unpaired) electrons. The minimum Gasteiger partial charge on any atom is -0.465 e. The first-order valence-corrected chi connectivity index (χ1v) is 8.06. The van der Waals surface area contributed by atoms with Crippen LogP contribution < -0.4 is 0 Å². The number of ether oxygens (including phenoxy) is 1. The number of rotatable bonds is 7. The molecule has 21 heavy (non-hydrogen) atoms. The van der Waals surface area contributed by atoms with Crippen molar-refractivity contribution in [3.05, 3.63) is 11.6 Å². The molecule has 0 heterocycles. The Morgan fingerprint density at radius 1 is 1.29 bits per heavy atom. The van der Waals surface area contributed by atoms with Gasteiger partial charge in [0.1, 0.15) is 0 Å². The molecule has 0 atom stereocenters. The van der Waals surface area contributed by atoms with Crippen LogP contribution in [0.15, 0.2) is 11.6 Å². The summed E-state index contributed by atoms with van der Waals surface area (Å²) in [5, 5.41) is 0.